The van der Waals surface area contributed by atoms with E-state index in [1.807, 2.05) is 11.1 Å². The number of allylic oxidation sites excluding steroid dienone is 1. The monoisotopic (exact) mass is 340 g/mol. The van der Waals surface area contributed by atoms with Gasteiger partial charge < -0.3 is 14.6 Å². The zero-order valence-corrected chi connectivity index (χ0v) is 13.3. The lowest BCUT2D eigenvalue weighted by Gasteiger charge is -2.15. The van der Waals surface area contributed by atoms with E-state index < -0.39 is 11.7 Å². The second-order valence-corrected chi connectivity index (χ2v) is 5.86. The number of nitrogens with one attached hydrogen (secondary N) is 1. The van der Waals surface area contributed by atoms with Gasteiger partial charge in [0, 0.05) is 36.6 Å². The SMILES string of the molecule is O=C(O)c1c(NN2CCCC2)oc(C=C2C=Nc3ncccc32)c1O. The molecule has 128 valence electrons. The average molecular weight is 340 g/mol. The summed E-state index contributed by atoms with van der Waals surface area (Å²) in [5.41, 5.74) is 4.16. The van der Waals surface area contributed by atoms with E-state index in [0.717, 1.165) is 31.5 Å². The number of hydrogen-bond donors (Lipinski definition) is 3. The molecule has 3 N–H and O–H groups in total. The number of nitrogens with zero attached hydrogens (tertiary/aromatic N) is 3. The Kier molecular flexibility index (Phi) is 3.73. The molecule has 1 fully saturated rings. The molecule has 0 unspecified atom stereocenters. The summed E-state index contributed by atoms with van der Waals surface area (Å²) in [5.74, 6) is -0.992. The Morgan fingerprint density at radius 2 is 2.16 bits per heavy atom. The predicted octanol–water partition coefficient (Wildman–Crippen LogP) is 2.76. The first-order valence-corrected chi connectivity index (χ1v) is 7.95. The number of aliphatic imine (C=N–C) groups is 1. The molecular weight excluding hydrogens is 324 g/mol. The number of hydrogen-bond acceptors (Lipinski definition) is 7. The van der Waals surface area contributed by atoms with Crippen molar-refractivity contribution in [1.29, 1.82) is 0 Å². The van der Waals surface area contributed by atoms with E-state index >= 15 is 0 Å². The lowest BCUT2D eigenvalue weighted by atomic mass is 10.1. The van der Waals surface area contributed by atoms with Crippen LogP contribution in [-0.4, -0.2) is 45.5 Å². The number of pyridine rings is 1. The predicted molar refractivity (Wildman–Crippen MR) is 92.0 cm³/mol. The van der Waals surface area contributed by atoms with Crippen LogP contribution in [-0.2, 0) is 0 Å². The maximum absolute atomic E-state index is 11.5. The van der Waals surface area contributed by atoms with Crippen molar-refractivity contribution in [3.05, 3.63) is 35.2 Å². The molecule has 2 aromatic rings. The first kappa shape index (κ1) is 15.4. The normalized spacial score (nSPS) is 18.0. The third-order valence-electron chi connectivity index (χ3n) is 4.20. The number of aromatic carboxylic acids is 1. The van der Waals surface area contributed by atoms with Crippen molar-refractivity contribution in [1.82, 2.24) is 9.99 Å². The highest BCUT2D eigenvalue weighted by molar-refractivity contribution is 6.21. The zero-order valence-electron chi connectivity index (χ0n) is 13.3. The maximum atomic E-state index is 11.5. The summed E-state index contributed by atoms with van der Waals surface area (Å²) < 4.78 is 5.60. The zero-order chi connectivity index (χ0) is 17.4. The number of rotatable bonds is 4. The van der Waals surface area contributed by atoms with Gasteiger partial charge in [-0.3, -0.25) is 5.43 Å². The fraction of sp³-hybridized carbons (Fsp3) is 0.235. The second kappa shape index (κ2) is 6.06. The lowest BCUT2D eigenvalue weighted by Crippen LogP contribution is -2.26. The first-order chi connectivity index (χ1) is 12.1. The number of aromatic hydroxyl groups is 1. The minimum atomic E-state index is -1.25. The smallest absolute Gasteiger partial charge is 0.345 e. The number of anilines is 1. The van der Waals surface area contributed by atoms with Crippen molar-refractivity contribution in [2.75, 3.05) is 18.5 Å². The molecule has 0 aliphatic carbocycles. The molecule has 2 aliphatic rings. The van der Waals surface area contributed by atoms with Gasteiger partial charge in [0.2, 0.25) is 5.88 Å². The standard InChI is InChI=1S/C17H16N4O4/c22-14-12(8-10-9-19-15-11(10)4-3-5-18-15)25-16(13(14)17(23)24)20-21-6-1-2-7-21/h3-5,8-9,20,22H,1-2,6-7H2,(H,23,24). The van der Waals surface area contributed by atoms with Gasteiger partial charge in [0.25, 0.3) is 0 Å². The van der Waals surface area contributed by atoms with Crippen molar-refractivity contribution in [2.45, 2.75) is 12.8 Å². The summed E-state index contributed by atoms with van der Waals surface area (Å²) >= 11 is 0. The van der Waals surface area contributed by atoms with Crippen LogP contribution < -0.4 is 5.43 Å². The molecule has 0 saturated carbocycles. The summed E-state index contributed by atoms with van der Waals surface area (Å²) in [5, 5.41) is 21.6. The minimum absolute atomic E-state index is 0.0279. The summed E-state index contributed by atoms with van der Waals surface area (Å²) in [6.45, 7) is 1.59. The third-order valence-corrected chi connectivity index (χ3v) is 4.20. The van der Waals surface area contributed by atoms with Crippen molar-refractivity contribution >= 4 is 35.5 Å². The molecule has 2 aromatic heterocycles. The molecule has 0 amide bonds. The maximum Gasteiger partial charge on any atom is 0.345 e. The molecule has 0 spiro atoms. The van der Waals surface area contributed by atoms with Crippen LogP contribution in [0, 0.1) is 0 Å². The topological polar surface area (TPSA) is 111 Å². The molecule has 0 aromatic carbocycles. The van der Waals surface area contributed by atoms with E-state index in [4.69, 9.17) is 4.42 Å². The molecule has 8 heteroatoms. The molecule has 0 radical (unpaired) electrons. The van der Waals surface area contributed by atoms with Crippen LogP contribution in [0.4, 0.5) is 11.7 Å². The van der Waals surface area contributed by atoms with Gasteiger partial charge in [0.1, 0.15) is 0 Å². The van der Waals surface area contributed by atoms with E-state index in [0.29, 0.717) is 11.4 Å². The summed E-state index contributed by atoms with van der Waals surface area (Å²) in [6.07, 6.45) is 6.87. The number of carboxylic acid groups (broad SMARTS) is 1. The molecule has 2 aliphatic heterocycles. The highest BCUT2D eigenvalue weighted by atomic mass is 16.4. The van der Waals surface area contributed by atoms with Crippen molar-refractivity contribution in [3.8, 4) is 5.75 Å². The quantitative estimate of drug-likeness (QED) is 0.784. The molecule has 0 bridgehead atoms. The first-order valence-electron chi connectivity index (χ1n) is 7.95. The molecule has 4 heterocycles. The Morgan fingerprint density at radius 3 is 2.92 bits per heavy atom. The lowest BCUT2D eigenvalue weighted by molar-refractivity contribution is 0.0694. The van der Waals surface area contributed by atoms with Crippen molar-refractivity contribution in [3.63, 3.8) is 0 Å². The Hall–Kier alpha value is -3.13. The Bertz CT molecular complexity index is 894. The van der Waals surface area contributed by atoms with Crippen LogP contribution in [0.2, 0.25) is 0 Å². The van der Waals surface area contributed by atoms with Gasteiger partial charge in [0.15, 0.2) is 22.9 Å². The van der Waals surface area contributed by atoms with Crippen LogP contribution in [0.5, 0.6) is 5.75 Å². The summed E-state index contributed by atoms with van der Waals surface area (Å²) in [4.78, 5) is 19.9. The summed E-state index contributed by atoms with van der Waals surface area (Å²) in [6, 6.07) is 3.63. The average Bonchev–Trinajstić information content (AvgIpc) is 3.30. The van der Waals surface area contributed by atoms with Gasteiger partial charge in [-0.05, 0) is 31.1 Å². The van der Waals surface area contributed by atoms with Gasteiger partial charge in [-0.15, -0.1) is 0 Å². The van der Waals surface area contributed by atoms with Gasteiger partial charge >= 0.3 is 5.97 Å². The van der Waals surface area contributed by atoms with E-state index in [9.17, 15) is 15.0 Å². The van der Waals surface area contributed by atoms with Crippen molar-refractivity contribution < 1.29 is 19.4 Å². The number of aromatic nitrogens is 1. The van der Waals surface area contributed by atoms with Crippen LogP contribution in [0.25, 0.3) is 11.6 Å². The molecule has 4 rings (SSSR count). The number of hydrazine groups is 1. The fourth-order valence-corrected chi connectivity index (χ4v) is 2.97. The van der Waals surface area contributed by atoms with Gasteiger partial charge in [-0.2, -0.15) is 0 Å². The Labute approximate surface area is 143 Å². The van der Waals surface area contributed by atoms with Gasteiger partial charge in [-0.1, -0.05) is 0 Å². The highest BCUT2D eigenvalue weighted by Gasteiger charge is 2.27. The van der Waals surface area contributed by atoms with Crippen LogP contribution in [0.15, 0.2) is 27.7 Å². The van der Waals surface area contributed by atoms with E-state index in [1.165, 1.54) is 0 Å². The van der Waals surface area contributed by atoms with E-state index in [1.54, 1.807) is 24.6 Å². The highest BCUT2D eigenvalue weighted by Crippen LogP contribution is 2.38. The minimum Gasteiger partial charge on any atom is -0.504 e. The van der Waals surface area contributed by atoms with Crippen LogP contribution in [0.1, 0.15) is 34.5 Å². The molecule has 1 saturated heterocycles. The van der Waals surface area contributed by atoms with E-state index in [2.05, 4.69) is 15.4 Å². The fourth-order valence-electron chi connectivity index (χ4n) is 2.97. The summed E-state index contributed by atoms with van der Waals surface area (Å²) in [7, 11) is 0. The number of fused-ring (bicyclic) bond motifs is 1. The van der Waals surface area contributed by atoms with E-state index in [-0.39, 0.29) is 17.2 Å². The third kappa shape index (κ3) is 2.76. The second-order valence-electron chi connectivity index (χ2n) is 5.86. The van der Waals surface area contributed by atoms with Gasteiger partial charge in [0.05, 0.1) is 0 Å². The Morgan fingerprint density at radius 1 is 1.36 bits per heavy atom. The molecule has 25 heavy (non-hydrogen) atoms. The largest absolute Gasteiger partial charge is 0.504 e. The van der Waals surface area contributed by atoms with Crippen molar-refractivity contribution in [2.24, 2.45) is 4.99 Å². The number of furan rings is 1. The number of carbonyl (C=O) groups is 1. The molecule has 0 atom stereocenters. The molecular formula is C17H16N4O4. The van der Waals surface area contributed by atoms with Crippen LogP contribution in [0.3, 0.4) is 0 Å². The van der Waals surface area contributed by atoms with Crippen LogP contribution >= 0.6 is 0 Å². The molecule has 8 nitrogen and oxygen atoms in total. The Balaban J connectivity index is 1.72. The van der Waals surface area contributed by atoms with Gasteiger partial charge in [-0.25, -0.2) is 19.8 Å². The number of carboxylic acids is 1.